The molecule has 0 bridgehead atoms. The van der Waals surface area contributed by atoms with Crippen LogP contribution in [0.2, 0.25) is 5.28 Å². The molecule has 0 amide bonds. The van der Waals surface area contributed by atoms with E-state index < -0.39 is 52.3 Å². The van der Waals surface area contributed by atoms with Crippen LogP contribution in [-0.4, -0.2) is 65.2 Å². The van der Waals surface area contributed by atoms with Gasteiger partial charge in [0.05, 0.1) is 12.0 Å². The first-order chi connectivity index (χ1) is 16.4. The van der Waals surface area contributed by atoms with E-state index in [4.69, 9.17) is 26.1 Å². The summed E-state index contributed by atoms with van der Waals surface area (Å²) < 4.78 is 49.3. The standard InChI is InChI=1S/C19H22ClFN4O8P2/c20-19-23-16(22-8-11-4-2-1-3-5-11)12-6-7-25(17(12)24-19)18-14(21)15(26)13(33-18)9-32-35(30,31)10-34(27,28)29/h1-7,13-15,18,26H,8-10H2,(H,30,31)(H,22,23,24)(H2,27,28,29)/t13-,14+,15-,18-/m1/s1. The Hall–Kier alpha value is -1.92. The largest absolute Gasteiger partial charge is 0.387 e. The van der Waals surface area contributed by atoms with Gasteiger partial charge in [-0.25, -0.2) is 9.37 Å². The third-order valence-corrected chi connectivity index (χ3v) is 8.84. The normalized spacial score (nSPS) is 24.5. The van der Waals surface area contributed by atoms with E-state index in [0.717, 1.165) is 5.56 Å². The third kappa shape index (κ3) is 6.26. The van der Waals surface area contributed by atoms with Gasteiger partial charge < -0.3 is 38.9 Å². The highest BCUT2D eigenvalue weighted by molar-refractivity contribution is 7.70. The van der Waals surface area contributed by atoms with Gasteiger partial charge in [-0.1, -0.05) is 30.3 Å². The first-order valence-corrected chi connectivity index (χ1v) is 14.2. The number of anilines is 1. The van der Waals surface area contributed by atoms with E-state index in [-0.39, 0.29) is 10.9 Å². The van der Waals surface area contributed by atoms with Gasteiger partial charge in [0.1, 0.15) is 23.7 Å². The van der Waals surface area contributed by atoms with Crippen molar-refractivity contribution in [1.82, 2.24) is 14.5 Å². The molecule has 0 spiro atoms. The van der Waals surface area contributed by atoms with E-state index in [9.17, 15) is 23.5 Å². The molecule has 35 heavy (non-hydrogen) atoms. The lowest BCUT2D eigenvalue weighted by molar-refractivity contribution is -0.0423. The molecule has 16 heteroatoms. The monoisotopic (exact) mass is 550 g/mol. The summed E-state index contributed by atoms with van der Waals surface area (Å²) in [7, 11) is -9.55. The summed E-state index contributed by atoms with van der Waals surface area (Å²) in [6.07, 6.45) is -5.03. The van der Waals surface area contributed by atoms with Crippen LogP contribution in [0.5, 0.6) is 0 Å². The topological polar surface area (TPSA) is 176 Å². The summed E-state index contributed by atoms with van der Waals surface area (Å²) >= 11 is 6.09. The molecule has 1 saturated heterocycles. The van der Waals surface area contributed by atoms with Gasteiger partial charge in [-0.05, 0) is 23.2 Å². The minimum absolute atomic E-state index is 0.111. The lowest BCUT2D eigenvalue weighted by Crippen LogP contribution is -2.31. The molecule has 3 aromatic rings. The number of aliphatic hydroxyl groups is 1. The van der Waals surface area contributed by atoms with Crippen LogP contribution < -0.4 is 5.32 Å². The fourth-order valence-electron chi connectivity index (χ4n) is 3.66. The van der Waals surface area contributed by atoms with Gasteiger partial charge in [-0.15, -0.1) is 0 Å². The van der Waals surface area contributed by atoms with Gasteiger partial charge in [0.25, 0.3) is 0 Å². The molecule has 12 nitrogen and oxygen atoms in total. The average molecular weight is 551 g/mol. The summed E-state index contributed by atoms with van der Waals surface area (Å²) in [5, 5.41) is 13.8. The number of nitrogens with one attached hydrogen (secondary N) is 1. The fraction of sp³-hybridized carbons (Fsp3) is 0.368. The van der Waals surface area contributed by atoms with Crippen LogP contribution in [0.4, 0.5) is 10.2 Å². The predicted molar refractivity (Wildman–Crippen MR) is 124 cm³/mol. The molecule has 3 heterocycles. The van der Waals surface area contributed by atoms with Crippen LogP contribution in [0.1, 0.15) is 11.8 Å². The van der Waals surface area contributed by atoms with Crippen LogP contribution >= 0.6 is 26.8 Å². The van der Waals surface area contributed by atoms with Gasteiger partial charge in [-0.2, -0.15) is 4.98 Å². The molecule has 1 aliphatic heterocycles. The Morgan fingerprint density at radius 1 is 1.17 bits per heavy atom. The van der Waals surface area contributed by atoms with E-state index >= 15 is 0 Å². The molecule has 5 N–H and O–H groups in total. The van der Waals surface area contributed by atoms with Crippen molar-refractivity contribution in [3.05, 3.63) is 53.4 Å². The number of alkyl halides is 1. The van der Waals surface area contributed by atoms with Crippen molar-refractivity contribution in [3.8, 4) is 0 Å². The highest BCUT2D eigenvalue weighted by Gasteiger charge is 2.46. The summed E-state index contributed by atoms with van der Waals surface area (Å²) in [5.74, 6) is -1.02. The first-order valence-electron chi connectivity index (χ1n) is 10.2. The Morgan fingerprint density at radius 2 is 1.89 bits per heavy atom. The number of nitrogens with zero attached hydrogens (tertiary/aromatic N) is 3. The molecule has 1 aromatic carbocycles. The number of hydrogen-bond donors (Lipinski definition) is 5. The van der Waals surface area contributed by atoms with E-state index in [2.05, 4.69) is 19.8 Å². The van der Waals surface area contributed by atoms with Gasteiger partial charge in [0, 0.05) is 12.7 Å². The molecule has 1 aliphatic rings. The van der Waals surface area contributed by atoms with E-state index in [1.54, 1.807) is 6.07 Å². The fourth-order valence-corrected chi connectivity index (χ4v) is 6.39. The highest BCUT2D eigenvalue weighted by atomic mass is 35.5. The van der Waals surface area contributed by atoms with Crippen molar-refractivity contribution < 1.29 is 42.6 Å². The van der Waals surface area contributed by atoms with Gasteiger partial charge in [0.15, 0.2) is 18.3 Å². The zero-order valence-corrected chi connectivity index (χ0v) is 20.4. The molecule has 0 saturated carbocycles. The second-order valence-corrected chi connectivity index (χ2v) is 12.2. The van der Waals surface area contributed by atoms with Crippen molar-refractivity contribution in [3.63, 3.8) is 0 Å². The number of hydrogen-bond acceptors (Lipinski definition) is 8. The SMILES string of the molecule is O=P(O)(O)CP(=O)(O)OC[C@H]1O[C@@H](n2ccc3c(NCc4ccccc4)nc(Cl)nc32)[C@@H](F)[C@@H]1O. The van der Waals surface area contributed by atoms with Gasteiger partial charge >= 0.3 is 15.2 Å². The number of halogens is 2. The zero-order valence-electron chi connectivity index (χ0n) is 17.9. The van der Waals surface area contributed by atoms with Gasteiger partial charge in [0.2, 0.25) is 5.28 Å². The number of benzene rings is 1. The van der Waals surface area contributed by atoms with Crippen LogP contribution in [0.3, 0.4) is 0 Å². The third-order valence-electron chi connectivity index (χ3n) is 5.22. The Kier molecular flexibility index (Phi) is 7.63. The molecule has 2 aromatic heterocycles. The molecule has 5 atom stereocenters. The summed E-state index contributed by atoms with van der Waals surface area (Å²) in [5.41, 5.74) is 1.21. The van der Waals surface area contributed by atoms with E-state index in [0.29, 0.717) is 17.7 Å². The predicted octanol–water partition coefficient (Wildman–Crippen LogP) is 2.63. The summed E-state index contributed by atoms with van der Waals surface area (Å²) in [6, 6.07) is 11.1. The maximum absolute atomic E-state index is 15.0. The number of rotatable bonds is 9. The Labute approximate surface area is 203 Å². The molecular weight excluding hydrogens is 529 g/mol. The van der Waals surface area contributed by atoms with Crippen molar-refractivity contribution >= 4 is 43.6 Å². The lowest BCUT2D eigenvalue weighted by Gasteiger charge is -2.18. The maximum Gasteiger partial charge on any atom is 0.340 e. The molecule has 0 radical (unpaired) electrons. The Morgan fingerprint density at radius 3 is 2.57 bits per heavy atom. The van der Waals surface area contributed by atoms with Crippen LogP contribution in [0.15, 0.2) is 42.6 Å². The minimum atomic E-state index is -4.84. The van der Waals surface area contributed by atoms with Crippen molar-refractivity contribution in [2.45, 2.75) is 31.2 Å². The molecule has 1 unspecified atom stereocenters. The molecule has 1 fully saturated rings. The summed E-state index contributed by atoms with van der Waals surface area (Å²) in [4.78, 5) is 35.7. The summed E-state index contributed by atoms with van der Waals surface area (Å²) in [6.45, 7) is -0.335. The first kappa shape index (κ1) is 26.2. The van der Waals surface area contributed by atoms with Crippen molar-refractivity contribution in [2.24, 2.45) is 0 Å². The Balaban J connectivity index is 1.52. The number of aliphatic hydroxyl groups excluding tert-OH is 1. The molecule has 190 valence electrons. The van der Waals surface area contributed by atoms with Crippen molar-refractivity contribution in [2.75, 3.05) is 17.8 Å². The molecular formula is C19H22ClFN4O8P2. The van der Waals surface area contributed by atoms with Crippen LogP contribution in [0, 0.1) is 0 Å². The maximum atomic E-state index is 15.0. The number of aromatic nitrogens is 3. The lowest BCUT2D eigenvalue weighted by atomic mass is 10.1. The second-order valence-electron chi connectivity index (χ2n) is 7.88. The van der Waals surface area contributed by atoms with Gasteiger partial charge in [-0.3, -0.25) is 9.13 Å². The second kappa shape index (κ2) is 10.2. The van der Waals surface area contributed by atoms with E-state index in [1.807, 2.05) is 30.3 Å². The molecule has 0 aliphatic carbocycles. The average Bonchev–Trinajstić information content (AvgIpc) is 3.31. The quantitative estimate of drug-likeness (QED) is 0.195. The van der Waals surface area contributed by atoms with Crippen LogP contribution in [-0.2, 0) is 24.9 Å². The number of ether oxygens (including phenoxy) is 1. The molecule has 4 rings (SSSR count). The number of fused-ring (bicyclic) bond motifs is 1. The minimum Gasteiger partial charge on any atom is -0.387 e. The van der Waals surface area contributed by atoms with E-state index in [1.165, 1.54) is 10.8 Å². The Bertz CT molecular complexity index is 1290. The smallest absolute Gasteiger partial charge is 0.340 e. The highest BCUT2D eigenvalue weighted by Crippen LogP contribution is 2.55. The van der Waals surface area contributed by atoms with Crippen LogP contribution in [0.25, 0.3) is 11.0 Å². The zero-order chi connectivity index (χ0) is 25.4. The van der Waals surface area contributed by atoms with Crippen molar-refractivity contribution in [1.29, 1.82) is 0 Å².